The van der Waals surface area contributed by atoms with E-state index in [9.17, 15) is 18.0 Å². The molecule has 2 saturated heterocycles. The predicted molar refractivity (Wildman–Crippen MR) is 141 cm³/mol. The molecule has 3 heterocycles. The van der Waals surface area contributed by atoms with E-state index in [1.807, 2.05) is 15.9 Å². The topological polar surface area (TPSA) is 84.2 Å². The number of alkyl halides is 3. The quantitative estimate of drug-likeness (QED) is 0.423. The highest BCUT2D eigenvalue weighted by molar-refractivity contribution is 5.79. The molecule has 0 spiro atoms. The Bertz CT molecular complexity index is 1320. The SMILES string of the molecule is COc1ccc(-c2noc(CN3CCCC(C(=O)N4CCN(c5cccc(C(F)(F)F)c5)CC4)C3)n2)cc1OC. The van der Waals surface area contributed by atoms with Crippen LogP contribution in [0.1, 0.15) is 24.3 Å². The molecule has 9 nitrogen and oxygen atoms in total. The van der Waals surface area contributed by atoms with Crippen LogP contribution in [0, 0.1) is 5.92 Å². The summed E-state index contributed by atoms with van der Waals surface area (Å²) in [6.45, 7) is 3.78. The minimum absolute atomic E-state index is 0.0879. The van der Waals surface area contributed by atoms with Crippen molar-refractivity contribution in [2.75, 3.05) is 58.4 Å². The van der Waals surface area contributed by atoms with Crippen molar-refractivity contribution in [1.82, 2.24) is 19.9 Å². The lowest BCUT2D eigenvalue weighted by atomic mass is 9.96. The Kier molecular flexibility index (Phi) is 8.15. The van der Waals surface area contributed by atoms with Gasteiger partial charge in [-0.05, 0) is 55.8 Å². The van der Waals surface area contributed by atoms with Crippen molar-refractivity contribution in [2.45, 2.75) is 25.6 Å². The number of piperazine rings is 1. The zero-order chi connectivity index (χ0) is 28.3. The van der Waals surface area contributed by atoms with Crippen molar-refractivity contribution in [3.8, 4) is 22.9 Å². The van der Waals surface area contributed by atoms with Gasteiger partial charge in [0.05, 0.1) is 32.2 Å². The summed E-state index contributed by atoms with van der Waals surface area (Å²) in [4.78, 5) is 23.8. The monoisotopic (exact) mass is 559 g/mol. The summed E-state index contributed by atoms with van der Waals surface area (Å²) >= 11 is 0. The smallest absolute Gasteiger partial charge is 0.416 e. The lowest BCUT2D eigenvalue weighted by Gasteiger charge is -2.39. The van der Waals surface area contributed by atoms with E-state index < -0.39 is 11.7 Å². The molecule has 0 bridgehead atoms. The van der Waals surface area contributed by atoms with Gasteiger partial charge in [0.15, 0.2) is 11.5 Å². The minimum Gasteiger partial charge on any atom is -0.493 e. The lowest BCUT2D eigenvalue weighted by molar-refractivity contribution is -0.138. The molecule has 3 aromatic rings. The van der Waals surface area contributed by atoms with Gasteiger partial charge in [-0.25, -0.2) is 0 Å². The number of hydrogen-bond acceptors (Lipinski definition) is 8. The molecule has 1 unspecified atom stereocenters. The van der Waals surface area contributed by atoms with E-state index in [4.69, 9.17) is 14.0 Å². The first-order chi connectivity index (χ1) is 19.2. The second-order valence-electron chi connectivity index (χ2n) is 10.0. The van der Waals surface area contributed by atoms with Crippen LogP contribution in [0.2, 0.25) is 0 Å². The molecule has 0 aliphatic carbocycles. The molecule has 5 rings (SSSR count). The number of benzene rings is 2. The molecule has 12 heteroatoms. The normalized spacial score (nSPS) is 18.6. The molecule has 0 saturated carbocycles. The number of methoxy groups -OCH3 is 2. The minimum atomic E-state index is -4.38. The van der Waals surface area contributed by atoms with Crippen molar-refractivity contribution in [3.05, 3.63) is 53.9 Å². The first-order valence-electron chi connectivity index (χ1n) is 13.2. The van der Waals surface area contributed by atoms with Crippen molar-refractivity contribution in [3.63, 3.8) is 0 Å². The van der Waals surface area contributed by atoms with Gasteiger partial charge < -0.3 is 23.8 Å². The Labute approximate surface area is 230 Å². The fourth-order valence-corrected chi connectivity index (χ4v) is 5.33. The number of ether oxygens (including phenoxy) is 2. The Balaban J connectivity index is 1.16. The molecular weight excluding hydrogens is 527 g/mol. The third-order valence-corrected chi connectivity index (χ3v) is 7.45. The average Bonchev–Trinajstić information content (AvgIpc) is 3.44. The van der Waals surface area contributed by atoms with Crippen LogP contribution >= 0.6 is 0 Å². The van der Waals surface area contributed by atoms with Gasteiger partial charge in [-0.1, -0.05) is 11.2 Å². The maximum Gasteiger partial charge on any atom is 0.416 e. The van der Waals surface area contributed by atoms with Crippen LogP contribution in [0.4, 0.5) is 18.9 Å². The molecule has 1 atom stereocenters. The van der Waals surface area contributed by atoms with Crippen LogP contribution in [0.25, 0.3) is 11.4 Å². The van der Waals surface area contributed by atoms with Crippen LogP contribution in [0.15, 0.2) is 47.0 Å². The summed E-state index contributed by atoms with van der Waals surface area (Å²) in [5, 5.41) is 4.11. The van der Waals surface area contributed by atoms with E-state index in [1.165, 1.54) is 12.1 Å². The molecule has 2 aliphatic rings. The van der Waals surface area contributed by atoms with Gasteiger partial charge in [0.2, 0.25) is 17.6 Å². The molecular formula is C28H32F3N5O4. The fourth-order valence-electron chi connectivity index (χ4n) is 5.33. The Morgan fingerprint density at radius 3 is 2.52 bits per heavy atom. The van der Waals surface area contributed by atoms with E-state index in [-0.39, 0.29) is 11.8 Å². The van der Waals surface area contributed by atoms with Crippen molar-refractivity contribution in [1.29, 1.82) is 0 Å². The molecule has 1 aromatic heterocycles. The number of carbonyl (C=O) groups is 1. The van der Waals surface area contributed by atoms with Crippen molar-refractivity contribution < 1.29 is 32.0 Å². The molecule has 0 radical (unpaired) electrons. The standard InChI is InChI=1S/C28H32F3N5O4/c1-38-23-9-8-19(15-24(23)39-2)26-32-25(40-33-26)18-34-10-4-5-20(17-34)27(37)36-13-11-35(12-14-36)22-7-3-6-21(16-22)28(29,30)31/h3,6-9,15-16,20H,4-5,10-14,17-18H2,1-2H3. The molecule has 214 valence electrons. The molecule has 2 aliphatic heterocycles. The molecule has 1 amide bonds. The van der Waals surface area contributed by atoms with Gasteiger partial charge in [-0.3, -0.25) is 9.69 Å². The number of hydrogen-bond donors (Lipinski definition) is 0. The highest BCUT2D eigenvalue weighted by Crippen LogP contribution is 2.33. The third kappa shape index (κ3) is 6.16. The number of rotatable bonds is 7. The van der Waals surface area contributed by atoms with Crippen LogP contribution < -0.4 is 14.4 Å². The lowest BCUT2D eigenvalue weighted by Crippen LogP contribution is -2.52. The van der Waals surface area contributed by atoms with Gasteiger partial charge in [0.25, 0.3) is 0 Å². The Morgan fingerprint density at radius 2 is 1.80 bits per heavy atom. The third-order valence-electron chi connectivity index (χ3n) is 7.45. The van der Waals surface area contributed by atoms with E-state index in [0.717, 1.165) is 31.0 Å². The number of likely N-dealkylation sites (tertiary alicyclic amines) is 1. The second-order valence-corrected chi connectivity index (χ2v) is 10.0. The predicted octanol–water partition coefficient (Wildman–Crippen LogP) is 4.33. The Hall–Kier alpha value is -3.80. The molecule has 40 heavy (non-hydrogen) atoms. The summed E-state index contributed by atoms with van der Waals surface area (Å²) in [6, 6.07) is 10.7. The van der Waals surface area contributed by atoms with Crippen molar-refractivity contribution in [2.24, 2.45) is 5.92 Å². The first kappa shape index (κ1) is 27.8. The number of anilines is 1. The number of nitrogens with zero attached hydrogens (tertiary/aromatic N) is 5. The summed E-state index contributed by atoms with van der Waals surface area (Å²) in [6.07, 6.45) is -2.71. The average molecular weight is 560 g/mol. The molecule has 2 fully saturated rings. The van der Waals surface area contributed by atoms with E-state index in [1.54, 1.807) is 32.4 Å². The van der Waals surface area contributed by atoms with Crippen LogP contribution in [0.3, 0.4) is 0 Å². The van der Waals surface area contributed by atoms with Crippen molar-refractivity contribution >= 4 is 11.6 Å². The number of aromatic nitrogens is 2. The number of halogens is 3. The fraction of sp³-hybridized carbons (Fsp3) is 0.464. The van der Waals surface area contributed by atoms with Gasteiger partial charge in [0.1, 0.15) is 0 Å². The van der Waals surface area contributed by atoms with Crippen LogP contribution in [0.5, 0.6) is 11.5 Å². The van der Waals surface area contributed by atoms with E-state index in [2.05, 4.69) is 15.0 Å². The highest BCUT2D eigenvalue weighted by atomic mass is 19.4. The second kappa shape index (κ2) is 11.7. The highest BCUT2D eigenvalue weighted by Gasteiger charge is 2.33. The van der Waals surface area contributed by atoms with Crippen LogP contribution in [-0.4, -0.2) is 79.3 Å². The van der Waals surface area contributed by atoms with Gasteiger partial charge in [0, 0.05) is 44.0 Å². The summed E-state index contributed by atoms with van der Waals surface area (Å²) in [7, 11) is 3.13. The number of amides is 1. The first-order valence-corrected chi connectivity index (χ1v) is 13.2. The zero-order valence-corrected chi connectivity index (χ0v) is 22.5. The van der Waals surface area contributed by atoms with Crippen LogP contribution in [-0.2, 0) is 17.5 Å². The maximum atomic E-state index is 13.3. The summed E-state index contributed by atoms with van der Waals surface area (Å²) in [5.74, 6) is 2.02. The zero-order valence-electron chi connectivity index (χ0n) is 22.5. The summed E-state index contributed by atoms with van der Waals surface area (Å²) < 4.78 is 55.5. The molecule has 0 N–H and O–H groups in total. The largest absolute Gasteiger partial charge is 0.493 e. The molecule has 2 aromatic carbocycles. The maximum absolute atomic E-state index is 13.3. The van der Waals surface area contributed by atoms with Gasteiger partial charge in [-0.15, -0.1) is 0 Å². The summed E-state index contributed by atoms with van der Waals surface area (Å²) in [5.41, 5.74) is 0.601. The number of carbonyl (C=O) groups excluding carboxylic acids is 1. The van der Waals surface area contributed by atoms with Gasteiger partial charge >= 0.3 is 6.18 Å². The van der Waals surface area contributed by atoms with Gasteiger partial charge in [-0.2, -0.15) is 18.2 Å². The van der Waals surface area contributed by atoms with E-state index >= 15 is 0 Å². The Morgan fingerprint density at radius 1 is 1.02 bits per heavy atom. The van der Waals surface area contributed by atoms with E-state index in [0.29, 0.717) is 68.2 Å². The number of piperidine rings is 1.